The zero-order valence-electron chi connectivity index (χ0n) is 9.43. The first-order valence-electron chi connectivity index (χ1n) is 5.27. The minimum absolute atomic E-state index is 0.101. The van der Waals surface area contributed by atoms with Gasteiger partial charge < -0.3 is 10.4 Å². The van der Waals surface area contributed by atoms with Gasteiger partial charge in [-0.3, -0.25) is 4.79 Å². The summed E-state index contributed by atoms with van der Waals surface area (Å²) in [5.41, 5.74) is 1.41. The molecule has 4 heteroatoms. The summed E-state index contributed by atoms with van der Waals surface area (Å²) >= 11 is 1.55. The maximum Gasteiger partial charge on any atom is 0.229 e. The van der Waals surface area contributed by atoms with E-state index in [4.69, 9.17) is 0 Å². The summed E-state index contributed by atoms with van der Waals surface area (Å²) in [7, 11) is 0. The van der Waals surface area contributed by atoms with Crippen LogP contribution in [-0.4, -0.2) is 11.0 Å². The summed E-state index contributed by atoms with van der Waals surface area (Å²) in [6.45, 7) is 1.89. The van der Waals surface area contributed by atoms with E-state index in [2.05, 4.69) is 5.32 Å². The van der Waals surface area contributed by atoms with E-state index in [0.717, 1.165) is 10.4 Å². The van der Waals surface area contributed by atoms with Crippen molar-refractivity contribution in [2.75, 3.05) is 5.32 Å². The molecule has 0 atom stereocenters. The third-order valence-corrected chi connectivity index (χ3v) is 3.22. The highest BCUT2D eigenvalue weighted by Gasteiger charge is 2.07. The van der Waals surface area contributed by atoms with Crippen molar-refractivity contribution in [3.63, 3.8) is 0 Å². The van der Waals surface area contributed by atoms with Gasteiger partial charge >= 0.3 is 0 Å². The van der Waals surface area contributed by atoms with Gasteiger partial charge in [-0.05, 0) is 36.1 Å². The lowest BCUT2D eigenvalue weighted by molar-refractivity contribution is -0.115. The molecule has 1 aromatic carbocycles. The largest absolute Gasteiger partial charge is 0.506 e. The molecular formula is C13H13NO2S. The Hall–Kier alpha value is -1.81. The van der Waals surface area contributed by atoms with Crippen LogP contribution in [0.3, 0.4) is 0 Å². The van der Waals surface area contributed by atoms with E-state index < -0.39 is 0 Å². The van der Waals surface area contributed by atoms with Gasteiger partial charge in [0.05, 0.1) is 12.1 Å². The molecule has 17 heavy (non-hydrogen) atoms. The first-order chi connectivity index (χ1) is 8.15. The molecule has 0 aliphatic heterocycles. The van der Waals surface area contributed by atoms with Crippen molar-refractivity contribution in [2.45, 2.75) is 13.3 Å². The number of hydrogen-bond acceptors (Lipinski definition) is 3. The normalized spacial score (nSPS) is 10.2. The number of phenolic OH excluding ortho intramolecular Hbond substituents is 1. The highest BCUT2D eigenvalue weighted by Crippen LogP contribution is 2.24. The minimum atomic E-state index is -0.119. The Morgan fingerprint density at radius 1 is 1.41 bits per heavy atom. The number of hydrogen-bond donors (Lipinski definition) is 2. The van der Waals surface area contributed by atoms with Crippen LogP contribution in [-0.2, 0) is 11.2 Å². The number of anilines is 1. The molecule has 0 spiro atoms. The number of nitrogens with one attached hydrogen (secondary N) is 1. The van der Waals surface area contributed by atoms with Crippen LogP contribution in [0.4, 0.5) is 5.69 Å². The third kappa shape index (κ3) is 3.07. The van der Waals surface area contributed by atoms with Crippen LogP contribution >= 0.6 is 11.3 Å². The van der Waals surface area contributed by atoms with Crippen molar-refractivity contribution >= 4 is 22.9 Å². The van der Waals surface area contributed by atoms with Crippen LogP contribution in [0.2, 0.25) is 0 Å². The fourth-order valence-electron chi connectivity index (χ4n) is 1.51. The fraction of sp³-hybridized carbons (Fsp3) is 0.154. The summed E-state index contributed by atoms with van der Waals surface area (Å²) < 4.78 is 0. The summed E-state index contributed by atoms with van der Waals surface area (Å²) in [4.78, 5) is 12.7. The number of thiophene rings is 1. The lowest BCUT2D eigenvalue weighted by Gasteiger charge is -2.07. The maximum atomic E-state index is 11.7. The summed E-state index contributed by atoms with van der Waals surface area (Å²) in [5.74, 6) is -0.0175. The first-order valence-corrected chi connectivity index (χ1v) is 6.15. The van der Waals surface area contributed by atoms with E-state index in [1.54, 1.807) is 23.5 Å². The molecule has 1 heterocycles. The van der Waals surface area contributed by atoms with Crippen molar-refractivity contribution in [1.29, 1.82) is 0 Å². The molecule has 0 bridgehead atoms. The molecule has 0 fully saturated rings. The van der Waals surface area contributed by atoms with Gasteiger partial charge in [0.15, 0.2) is 0 Å². The molecule has 0 aliphatic rings. The van der Waals surface area contributed by atoms with Gasteiger partial charge in [-0.2, -0.15) is 0 Å². The topological polar surface area (TPSA) is 49.3 Å². The Bertz CT molecular complexity index is 520. The van der Waals surface area contributed by atoms with Crippen LogP contribution < -0.4 is 5.32 Å². The van der Waals surface area contributed by atoms with Crippen molar-refractivity contribution in [2.24, 2.45) is 0 Å². The van der Waals surface area contributed by atoms with Gasteiger partial charge in [0, 0.05) is 4.88 Å². The lowest BCUT2D eigenvalue weighted by atomic mass is 10.2. The Balaban J connectivity index is 2.03. The van der Waals surface area contributed by atoms with Gasteiger partial charge in [-0.15, -0.1) is 11.3 Å². The molecule has 2 N–H and O–H groups in total. The molecular weight excluding hydrogens is 234 g/mol. The molecule has 1 aromatic heterocycles. The molecule has 0 radical (unpaired) electrons. The molecule has 2 rings (SSSR count). The second-order valence-corrected chi connectivity index (χ2v) is 4.86. The van der Waals surface area contributed by atoms with Crippen LogP contribution in [0, 0.1) is 6.92 Å². The average Bonchev–Trinajstić information content (AvgIpc) is 2.75. The van der Waals surface area contributed by atoms with Crippen molar-refractivity contribution < 1.29 is 9.90 Å². The molecule has 0 saturated heterocycles. The minimum Gasteiger partial charge on any atom is -0.506 e. The zero-order valence-corrected chi connectivity index (χ0v) is 10.3. The van der Waals surface area contributed by atoms with E-state index in [9.17, 15) is 9.90 Å². The Kier molecular flexibility index (Phi) is 3.44. The summed E-state index contributed by atoms with van der Waals surface area (Å²) in [6.07, 6.45) is 0.338. The monoisotopic (exact) mass is 247 g/mol. The quantitative estimate of drug-likeness (QED) is 0.819. The molecule has 2 aromatic rings. The second-order valence-electron chi connectivity index (χ2n) is 3.82. The Morgan fingerprint density at radius 3 is 2.88 bits per heavy atom. The predicted molar refractivity (Wildman–Crippen MR) is 69.5 cm³/mol. The molecule has 1 amide bonds. The highest BCUT2D eigenvalue weighted by molar-refractivity contribution is 7.10. The van der Waals surface area contributed by atoms with Crippen LogP contribution in [0.1, 0.15) is 10.4 Å². The number of carbonyl (C=O) groups is 1. The standard InChI is InChI=1S/C13H13NO2S/c1-9-4-5-11(12(15)7-9)14-13(16)8-10-3-2-6-17-10/h2-7,15H,8H2,1H3,(H,14,16). The van der Waals surface area contributed by atoms with E-state index in [1.807, 2.05) is 30.5 Å². The number of carbonyl (C=O) groups excluding carboxylic acids is 1. The second kappa shape index (κ2) is 5.01. The molecule has 0 unspecified atom stereocenters. The van der Waals surface area contributed by atoms with Crippen molar-refractivity contribution in [1.82, 2.24) is 0 Å². The summed E-state index contributed by atoms with van der Waals surface area (Å²) in [6, 6.07) is 9.01. The lowest BCUT2D eigenvalue weighted by Crippen LogP contribution is -2.13. The van der Waals surface area contributed by atoms with Gasteiger partial charge in [-0.25, -0.2) is 0 Å². The van der Waals surface area contributed by atoms with Gasteiger partial charge in [0.2, 0.25) is 5.91 Å². The van der Waals surface area contributed by atoms with Crippen molar-refractivity contribution in [3.8, 4) is 5.75 Å². The van der Waals surface area contributed by atoms with E-state index >= 15 is 0 Å². The van der Waals surface area contributed by atoms with E-state index in [-0.39, 0.29) is 11.7 Å². The number of aromatic hydroxyl groups is 1. The van der Waals surface area contributed by atoms with Gasteiger partial charge in [-0.1, -0.05) is 12.1 Å². The smallest absolute Gasteiger partial charge is 0.229 e. The third-order valence-electron chi connectivity index (χ3n) is 2.34. The molecule has 0 saturated carbocycles. The average molecular weight is 247 g/mol. The van der Waals surface area contributed by atoms with Crippen molar-refractivity contribution in [3.05, 3.63) is 46.2 Å². The Labute approximate surface area is 104 Å². The molecule has 3 nitrogen and oxygen atoms in total. The number of rotatable bonds is 3. The summed E-state index contributed by atoms with van der Waals surface area (Å²) in [5, 5.41) is 14.3. The van der Waals surface area contributed by atoms with Crippen LogP contribution in [0.15, 0.2) is 35.7 Å². The number of aryl methyl sites for hydroxylation is 1. The number of amides is 1. The zero-order chi connectivity index (χ0) is 12.3. The van der Waals surface area contributed by atoms with E-state index in [1.165, 1.54) is 0 Å². The molecule has 0 aliphatic carbocycles. The number of phenols is 1. The van der Waals surface area contributed by atoms with Gasteiger partial charge in [0.25, 0.3) is 0 Å². The van der Waals surface area contributed by atoms with Gasteiger partial charge in [0.1, 0.15) is 5.75 Å². The highest BCUT2D eigenvalue weighted by atomic mass is 32.1. The fourth-order valence-corrected chi connectivity index (χ4v) is 2.22. The van der Waals surface area contributed by atoms with E-state index in [0.29, 0.717) is 12.1 Å². The van der Waals surface area contributed by atoms with Crippen LogP contribution in [0.5, 0.6) is 5.75 Å². The Morgan fingerprint density at radius 2 is 2.24 bits per heavy atom. The van der Waals surface area contributed by atoms with Crippen LogP contribution in [0.25, 0.3) is 0 Å². The SMILES string of the molecule is Cc1ccc(NC(=O)Cc2cccs2)c(O)c1. The maximum absolute atomic E-state index is 11.7. The molecule has 88 valence electrons. The number of benzene rings is 1. The predicted octanol–water partition coefficient (Wildman–Crippen LogP) is 2.94. The first kappa shape index (κ1) is 11.7.